The van der Waals surface area contributed by atoms with Crippen LogP contribution < -0.4 is 10.1 Å². The molecule has 0 saturated heterocycles. The summed E-state index contributed by atoms with van der Waals surface area (Å²) < 4.78 is 5.41. The Morgan fingerprint density at radius 3 is 2.71 bits per heavy atom. The number of ether oxygens (including phenoxy) is 1. The van der Waals surface area contributed by atoms with Gasteiger partial charge in [0.25, 0.3) is 5.91 Å². The van der Waals surface area contributed by atoms with E-state index in [0.717, 1.165) is 12.0 Å². The van der Waals surface area contributed by atoms with E-state index in [-0.39, 0.29) is 18.9 Å². The minimum Gasteiger partial charge on any atom is -0.482 e. The largest absolute Gasteiger partial charge is 0.482 e. The van der Waals surface area contributed by atoms with E-state index in [2.05, 4.69) is 5.32 Å². The van der Waals surface area contributed by atoms with Gasteiger partial charge in [-0.2, -0.15) is 0 Å². The molecule has 1 aromatic rings. The van der Waals surface area contributed by atoms with Crippen molar-refractivity contribution >= 4 is 23.5 Å². The molecular weight excluding hydrogens is 294 g/mol. The van der Waals surface area contributed by atoms with Gasteiger partial charge < -0.3 is 15.2 Å². The second-order valence-electron chi connectivity index (χ2n) is 5.48. The third kappa shape index (κ3) is 4.11. The number of carboxylic acids is 1. The van der Waals surface area contributed by atoms with Crippen LogP contribution in [0.15, 0.2) is 18.2 Å². The van der Waals surface area contributed by atoms with Gasteiger partial charge in [0.2, 0.25) is 0 Å². The predicted molar refractivity (Wildman–Crippen MR) is 78.7 cm³/mol. The number of carboxylic acid groups (broad SMARTS) is 1. The van der Waals surface area contributed by atoms with Crippen LogP contribution in [-0.2, 0) is 9.59 Å². The Morgan fingerprint density at radius 2 is 2.14 bits per heavy atom. The van der Waals surface area contributed by atoms with Crippen molar-refractivity contribution in [2.24, 2.45) is 0 Å². The van der Waals surface area contributed by atoms with Gasteiger partial charge in [-0.3, -0.25) is 9.59 Å². The minimum atomic E-state index is -0.905. The molecule has 1 aliphatic carbocycles. The van der Waals surface area contributed by atoms with Gasteiger partial charge in [-0.25, -0.2) is 0 Å². The Kier molecular flexibility index (Phi) is 4.73. The first-order chi connectivity index (χ1) is 9.90. The molecule has 114 valence electrons. The summed E-state index contributed by atoms with van der Waals surface area (Å²) in [5.41, 5.74) is 0.374. The average Bonchev–Trinajstić information content (AvgIpc) is 2.36. The van der Waals surface area contributed by atoms with Crippen molar-refractivity contribution in [1.29, 1.82) is 0 Å². The Morgan fingerprint density at radius 1 is 1.43 bits per heavy atom. The minimum absolute atomic E-state index is 0.0516. The van der Waals surface area contributed by atoms with Crippen molar-refractivity contribution < 1.29 is 19.4 Å². The Bertz CT molecular complexity index is 555. The summed E-state index contributed by atoms with van der Waals surface area (Å²) in [6, 6.07) is 5.32. The monoisotopic (exact) mass is 311 g/mol. The molecule has 21 heavy (non-hydrogen) atoms. The number of hydrogen-bond acceptors (Lipinski definition) is 3. The van der Waals surface area contributed by atoms with E-state index in [4.69, 9.17) is 21.4 Å². The van der Waals surface area contributed by atoms with E-state index in [1.807, 2.05) is 13.0 Å². The maximum absolute atomic E-state index is 11.9. The van der Waals surface area contributed by atoms with Crippen LogP contribution in [-0.4, -0.2) is 29.1 Å². The summed E-state index contributed by atoms with van der Waals surface area (Å²) in [6.07, 6.45) is 2.26. The highest BCUT2D eigenvalue weighted by atomic mass is 35.5. The first-order valence-corrected chi connectivity index (χ1v) is 7.20. The van der Waals surface area contributed by atoms with Crippen molar-refractivity contribution in [1.82, 2.24) is 5.32 Å². The molecule has 0 bridgehead atoms. The molecule has 0 aromatic heterocycles. The van der Waals surface area contributed by atoms with Crippen LogP contribution in [0, 0.1) is 6.92 Å². The summed E-state index contributed by atoms with van der Waals surface area (Å²) in [5, 5.41) is 12.1. The van der Waals surface area contributed by atoms with Crippen molar-refractivity contribution in [3.63, 3.8) is 0 Å². The molecule has 0 spiro atoms. The first-order valence-electron chi connectivity index (χ1n) is 6.82. The SMILES string of the molecule is Cc1ccc(Cl)c(OCC(=O)NC2(CC(=O)O)CCC2)c1. The van der Waals surface area contributed by atoms with Gasteiger partial charge in [0.15, 0.2) is 6.61 Å². The van der Waals surface area contributed by atoms with Crippen LogP contribution in [0.3, 0.4) is 0 Å². The van der Waals surface area contributed by atoms with Gasteiger partial charge >= 0.3 is 5.97 Å². The quantitative estimate of drug-likeness (QED) is 0.846. The number of aliphatic carboxylic acids is 1. The number of halogens is 1. The molecule has 0 radical (unpaired) electrons. The molecule has 2 rings (SSSR count). The van der Waals surface area contributed by atoms with Crippen molar-refractivity contribution in [2.75, 3.05) is 6.61 Å². The maximum atomic E-state index is 11.9. The van der Waals surface area contributed by atoms with Crippen LogP contribution in [0.2, 0.25) is 5.02 Å². The zero-order chi connectivity index (χ0) is 15.5. The number of benzene rings is 1. The molecular formula is C15H18ClNO4. The van der Waals surface area contributed by atoms with Crippen molar-refractivity contribution in [3.8, 4) is 5.75 Å². The lowest BCUT2D eigenvalue weighted by atomic mass is 9.74. The topological polar surface area (TPSA) is 75.6 Å². The summed E-state index contributed by atoms with van der Waals surface area (Å²) in [4.78, 5) is 22.8. The van der Waals surface area contributed by atoms with Gasteiger partial charge in [-0.1, -0.05) is 17.7 Å². The lowest BCUT2D eigenvalue weighted by Gasteiger charge is -2.41. The molecule has 5 nitrogen and oxygen atoms in total. The molecule has 2 N–H and O–H groups in total. The van der Waals surface area contributed by atoms with Crippen molar-refractivity contribution in [3.05, 3.63) is 28.8 Å². The summed E-state index contributed by atoms with van der Waals surface area (Å²) in [5.74, 6) is -0.779. The normalized spacial score (nSPS) is 15.9. The van der Waals surface area contributed by atoms with Crippen LogP contribution >= 0.6 is 11.6 Å². The van der Waals surface area contributed by atoms with E-state index in [0.29, 0.717) is 23.6 Å². The molecule has 1 saturated carbocycles. The van der Waals surface area contributed by atoms with Crippen LogP contribution in [0.25, 0.3) is 0 Å². The lowest BCUT2D eigenvalue weighted by Crippen LogP contribution is -2.55. The number of nitrogens with one attached hydrogen (secondary N) is 1. The fourth-order valence-corrected chi connectivity index (χ4v) is 2.61. The molecule has 1 fully saturated rings. The molecule has 0 heterocycles. The Balaban J connectivity index is 1.90. The van der Waals surface area contributed by atoms with Gasteiger partial charge in [0.1, 0.15) is 5.75 Å². The number of carbonyl (C=O) groups excluding carboxylic acids is 1. The van der Waals surface area contributed by atoms with Gasteiger partial charge in [-0.05, 0) is 43.9 Å². The van der Waals surface area contributed by atoms with Gasteiger partial charge in [-0.15, -0.1) is 0 Å². The fourth-order valence-electron chi connectivity index (χ4n) is 2.44. The molecule has 1 amide bonds. The highest BCUT2D eigenvalue weighted by molar-refractivity contribution is 6.32. The van der Waals surface area contributed by atoms with E-state index >= 15 is 0 Å². The number of rotatable bonds is 6. The van der Waals surface area contributed by atoms with E-state index in [1.54, 1.807) is 12.1 Å². The summed E-state index contributed by atoms with van der Waals surface area (Å²) >= 11 is 5.99. The zero-order valence-electron chi connectivity index (χ0n) is 11.8. The number of aryl methyl sites for hydroxylation is 1. The number of carbonyl (C=O) groups is 2. The first kappa shape index (κ1) is 15.6. The van der Waals surface area contributed by atoms with E-state index in [9.17, 15) is 9.59 Å². The smallest absolute Gasteiger partial charge is 0.305 e. The summed E-state index contributed by atoms with van der Waals surface area (Å²) in [6.45, 7) is 1.73. The zero-order valence-corrected chi connectivity index (χ0v) is 12.6. The molecule has 1 aliphatic rings. The van der Waals surface area contributed by atoms with Gasteiger partial charge in [0.05, 0.1) is 17.0 Å². The highest BCUT2D eigenvalue weighted by Crippen LogP contribution is 2.35. The second kappa shape index (κ2) is 6.35. The van der Waals surface area contributed by atoms with Gasteiger partial charge in [0, 0.05) is 0 Å². The third-order valence-corrected chi connectivity index (χ3v) is 3.96. The Hall–Kier alpha value is -1.75. The average molecular weight is 312 g/mol. The summed E-state index contributed by atoms with van der Waals surface area (Å²) in [7, 11) is 0. The molecule has 0 unspecified atom stereocenters. The lowest BCUT2D eigenvalue weighted by molar-refractivity contribution is -0.140. The second-order valence-corrected chi connectivity index (χ2v) is 5.88. The standard InChI is InChI=1S/C15H18ClNO4/c1-10-3-4-11(16)12(7-10)21-9-13(18)17-15(5-2-6-15)8-14(19)20/h3-4,7H,2,5-6,8-9H2,1H3,(H,17,18)(H,19,20). The fraction of sp³-hybridized carbons (Fsp3) is 0.467. The molecule has 1 aromatic carbocycles. The Labute approximate surface area is 128 Å². The van der Waals surface area contributed by atoms with Crippen LogP contribution in [0.1, 0.15) is 31.2 Å². The number of hydrogen-bond donors (Lipinski definition) is 2. The molecule has 6 heteroatoms. The van der Waals surface area contributed by atoms with Crippen molar-refractivity contribution in [2.45, 2.75) is 38.1 Å². The van der Waals surface area contributed by atoms with Crippen LogP contribution in [0.4, 0.5) is 0 Å². The number of amides is 1. The van der Waals surface area contributed by atoms with E-state index in [1.165, 1.54) is 0 Å². The third-order valence-electron chi connectivity index (χ3n) is 3.65. The van der Waals surface area contributed by atoms with Crippen LogP contribution in [0.5, 0.6) is 5.75 Å². The predicted octanol–water partition coefficient (Wildman–Crippen LogP) is 2.54. The molecule has 0 aliphatic heterocycles. The highest BCUT2D eigenvalue weighted by Gasteiger charge is 2.40. The molecule has 0 atom stereocenters. The maximum Gasteiger partial charge on any atom is 0.305 e. The van der Waals surface area contributed by atoms with E-state index < -0.39 is 11.5 Å².